The molecule has 82 heavy (non-hydrogen) atoms. The molecule has 3 aliphatic rings. The van der Waals surface area contributed by atoms with Crippen LogP contribution in [0.5, 0.6) is 0 Å². The van der Waals surface area contributed by atoms with Gasteiger partial charge in [-0.15, -0.1) is 22.7 Å². The lowest BCUT2D eigenvalue weighted by Gasteiger charge is -2.42. The summed E-state index contributed by atoms with van der Waals surface area (Å²) in [5.74, 6) is 4.12. The van der Waals surface area contributed by atoms with Gasteiger partial charge in [-0.25, -0.2) is 29.9 Å². The molecule has 4 heterocycles. The van der Waals surface area contributed by atoms with E-state index in [1.54, 1.807) is 0 Å². The van der Waals surface area contributed by atoms with E-state index in [-0.39, 0.29) is 11.8 Å². The van der Waals surface area contributed by atoms with Crippen molar-refractivity contribution in [3.05, 3.63) is 288 Å². The van der Waals surface area contributed by atoms with Crippen LogP contribution in [0.15, 0.2) is 255 Å². The van der Waals surface area contributed by atoms with Gasteiger partial charge in [-0.2, -0.15) is 0 Å². The fourth-order valence-corrected chi connectivity index (χ4v) is 14.8. The van der Waals surface area contributed by atoms with Gasteiger partial charge in [-0.3, -0.25) is 0 Å². The van der Waals surface area contributed by atoms with Gasteiger partial charge in [-0.1, -0.05) is 194 Å². The first-order valence-corrected chi connectivity index (χ1v) is 29.3. The van der Waals surface area contributed by atoms with E-state index >= 15 is 0 Å². The maximum atomic E-state index is 5.15. The predicted octanol–water partition coefficient (Wildman–Crippen LogP) is 19.1. The molecule has 3 aliphatic carbocycles. The Morgan fingerprint density at radius 2 is 0.488 bits per heavy atom. The minimum Gasteiger partial charge on any atom is -0.208 e. The molecule has 0 spiro atoms. The Kier molecular flexibility index (Phi) is 10.7. The average molecular weight is 1080 g/mol. The molecule has 2 bridgehead atoms. The Morgan fingerprint density at radius 3 is 0.902 bits per heavy atom. The normalized spacial score (nSPS) is 14.1. The summed E-state index contributed by atoms with van der Waals surface area (Å²) < 4.78 is 5.04. The van der Waals surface area contributed by atoms with Gasteiger partial charge in [0.2, 0.25) is 0 Å². The Bertz CT molecular complexity index is 4730. The third-order valence-corrected chi connectivity index (χ3v) is 18.9. The topological polar surface area (TPSA) is 77.3 Å². The number of thiophene rings is 2. The van der Waals surface area contributed by atoms with Crippen LogP contribution >= 0.6 is 22.7 Å². The van der Waals surface area contributed by atoms with E-state index in [2.05, 4.69) is 218 Å². The fourth-order valence-electron chi connectivity index (χ4n) is 12.6. The SMILES string of the molecule is c1ccc(-c2nc(-c3ccc(-c4ccc5c(c4)C4c6ccccc6C5c5cc(-c6ccc(-c7nc(-c8ccccc8)nc(-c8ccc9sc%10ccccc%10c9c8)n7)cc6)ccc54)cc3)nc(-c3ccc4sc5ccccc5c4c3)n2)cc1. The van der Waals surface area contributed by atoms with Crippen LogP contribution in [-0.2, 0) is 0 Å². The van der Waals surface area contributed by atoms with Crippen LogP contribution in [0.1, 0.15) is 45.2 Å². The maximum Gasteiger partial charge on any atom is 0.164 e. The summed E-state index contributed by atoms with van der Waals surface area (Å²) in [5, 5.41) is 4.92. The zero-order valence-electron chi connectivity index (χ0n) is 43.9. The van der Waals surface area contributed by atoms with Crippen LogP contribution in [0.2, 0.25) is 0 Å². The number of benzene rings is 11. The van der Waals surface area contributed by atoms with E-state index in [0.717, 1.165) is 44.5 Å². The predicted molar refractivity (Wildman–Crippen MR) is 337 cm³/mol. The van der Waals surface area contributed by atoms with E-state index in [0.29, 0.717) is 34.9 Å². The molecule has 11 aromatic carbocycles. The number of hydrogen-bond donors (Lipinski definition) is 0. The second kappa shape index (κ2) is 18.7. The van der Waals surface area contributed by atoms with Gasteiger partial charge in [0, 0.05) is 85.6 Å². The highest BCUT2D eigenvalue weighted by Gasteiger charge is 2.41. The summed E-state index contributed by atoms with van der Waals surface area (Å²) >= 11 is 3.62. The third-order valence-electron chi connectivity index (χ3n) is 16.6. The average Bonchev–Trinajstić information content (AvgIpc) is 2.26. The van der Waals surface area contributed by atoms with Gasteiger partial charge >= 0.3 is 0 Å². The van der Waals surface area contributed by atoms with E-state index in [1.165, 1.54) is 84.9 Å². The van der Waals surface area contributed by atoms with Crippen LogP contribution in [0.3, 0.4) is 0 Å². The molecule has 0 radical (unpaired) electrons. The van der Waals surface area contributed by atoms with Crippen molar-refractivity contribution in [1.29, 1.82) is 0 Å². The van der Waals surface area contributed by atoms with Gasteiger partial charge in [0.05, 0.1) is 0 Å². The van der Waals surface area contributed by atoms with Crippen LogP contribution in [0.25, 0.3) is 131 Å². The molecule has 2 atom stereocenters. The third kappa shape index (κ3) is 7.75. The van der Waals surface area contributed by atoms with Crippen LogP contribution in [0, 0.1) is 0 Å². The first-order chi connectivity index (χ1) is 40.6. The number of hydrogen-bond acceptors (Lipinski definition) is 8. The first kappa shape index (κ1) is 46.8. The summed E-state index contributed by atoms with van der Waals surface area (Å²) in [6, 6.07) is 91.4. The molecule has 0 fully saturated rings. The van der Waals surface area contributed by atoms with Crippen LogP contribution < -0.4 is 0 Å². The molecule has 8 heteroatoms. The number of rotatable bonds is 8. The van der Waals surface area contributed by atoms with E-state index in [1.807, 2.05) is 59.1 Å². The Hall–Kier alpha value is -10.1. The molecule has 0 amide bonds. The minimum atomic E-state index is 0.115. The van der Waals surface area contributed by atoms with Gasteiger partial charge in [-0.05, 0) is 116 Å². The van der Waals surface area contributed by atoms with Crippen molar-refractivity contribution in [3.63, 3.8) is 0 Å². The second-order valence-corrected chi connectivity index (χ2v) is 23.5. The smallest absolute Gasteiger partial charge is 0.164 e. The Balaban J connectivity index is 0.688. The number of nitrogens with zero attached hydrogens (tertiary/aromatic N) is 6. The van der Waals surface area contributed by atoms with E-state index in [4.69, 9.17) is 29.9 Å². The van der Waals surface area contributed by atoms with Crippen molar-refractivity contribution in [2.24, 2.45) is 0 Å². The molecule has 0 aliphatic heterocycles. The zero-order valence-corrected chi connectivity index (χ0v) is 45.5. The summed E-state index contributed by atoms with van der Waals surface area (Å²) in [6.45, 7) is 0. The zero-order chi connectivity index (χ0) is 53.8. The van der Waals surface area contributed by atoms with Crippen molar-refractivity contribution in [3.8, 4) is 90.6 Å². The monoisotopic (exact) mass is 1080 g/mol. The van der Waals surface area contributed by atoms with Gasteiger partial charge in [0.25, 0.3) is 0 Å². The molecule has 0 saturated heterocycles. The molecule has 2 unspecified atom stereocenters. The molecule has 6 nitrogen and oxygen atoms in total. The lowest BCUT2D eigenvalue weighted by atomic mass is 9.60. The second-order valence-electron chi connectivity index (χ2n) is 21.3. The van der Waals surface area contributed by atoms with Crippen LogP contribution in [-0.4, -0.2) is 29.9 Å². The van der Waals surface area contributed by atoms with Crippen LogP contribution in [0.4, 0.5) is 0 Å². The largest absolute Gasteiger partial charge is 0.208 e. The summed E-state index contributed by atoms with van der Waals surface area (Å²) in [5.41, 5.74) is 18.6. The first-order valence-electron chi connectivity index (χ1n) is 27.6. The molecular formula is C74H44N6S2. The maximum absolute atomic E-state index is 5.15. The fraction of sp³-hybridized carbons (Fsp3) is 0.0270. The molecule has 0 saturated carbocycles. The lowest BCUT2D eigenvalue weighted by molar-refractivity contribution is 0.755. The number of aromatic nitrogens is 6. The molecule has 15 aromatic rings. The van der Waals surface area contributed by atoms with Crippen molar-refractivity contribution in [2.45, 2.75) is 11.8 Å². The Labute approximate surface area is 480 Å². The minimum absolute atomic E-state index is 0.115. The standard InChI is InChI=1S/C74H44N6S2/c1-3-13-45(14-4-1)69-75-71(79-73(77-69)51-33-37-65-59(41-51)53-17-9-11-21-63(53)81-65)47-27-23-43(24-28-47)49-31-35-57-61(39-49)67-55-19-7-8-20-56(55)68(57)62-40-50(32-36-58(62)67)44-25-29-48(30-26-44)72-76-70(46-15-5-2-6-16-46)78-74(80-72)52-34-38-66-60(42-52)54-18-10-12-22-64(54)82-66/h1-42,67-68H. The van der Waals surface area contributed by atoms with Crippen molar-refractivity contribution < 1.29 is 0 Å². The lowest BCUT2D eigenvalue weighted by Crippen LogP contribution is -2.27. The summed E-state index contributed by atoms with van der Waals surface area (Å²) in [6.07, 6.45) is 0. The summed E-state index contributed by atoms with van der Waals surface area (Å²) in [4.78, 5) is 30.6. The van der Waals surface area contributed by atoms with Gasteiger partial charge < -0.3 is 0 Å². The summed E-state index contributed by atoms with van der Waals surface area (Å²) in [7, 11) is 0. The molecule has 0 N–H and O–H groups in total. The highest BCUT2D eigenvalue weighted by atomic mass is 32.1. The van der Waals surface area contributed by atoms with Crippen molar-refractivity contribution >= 4 is 63.0 Å². The Morgan fingerprint density at radius 1 is 0.195 bits per heavy atom. The molecule has 382 valence electrons. The van der Waals surface area contributed by atoms with Gasteiger partial charge in [0.1, 0.15) is 0 Å². The van der Waals surface area contributed by atoms with Crippen molar-refractivity contribution in [1.82, 2.24) is 29.9 Å². The van der Waals surface area contributed by atoms with E-state index in [9.17, 15) is 0 Å². The highest BCUT2D eigenvalue weighted by Crippen LogP contribution is 2.57. The van der Waals surface area contributed by atoms with Gasteiger partial charge in [0.15, 0.2) is 34.9 Å². The quantitative estimate of drug-likeness (QED) is 0.151. The molecule has 18 rings (SSSR count). The molecular weight excluding hydrogens is 1040 g/mol. The van der Waals surface area contributed by atoms with Crippen molar-refractivity contribution in [2.75, 3.05) is 0 Å². The number of fused-ring (bicyclic) bond motifs is 6. The van der Waals surface area contributed by atoms with E-state index < -0.39 is 0 Å². The highest BCUT2D eigenvalue weighted by molar-refractivity contribution is 7.26. The molecule has 4 aromatic heterocycles.